The van der Waals surface area contributed by atoms with Crippen molar-refractivity contribution in [1.82, 2.24) is 15.5 Å². The molecule has 1 aromatic rings. The van der Waals surface area contributed by atoms with Crippen molar-refractivity contribution in [3.63, 3.8) is 0 Å². The molecule has 1 aromatic carbocycles. The lowest BCUT2D eigenvalue weighted by Gasteiger charge is -2.27. The van der Waals surface area contributed by atoms with Gasteiger partial charge in [-0.25, -0.2) is 0 Å². The van der Waals surface area contributed by atoms with Gasteiger partial charge in [-0.3, -0.25) is 34.2 Å². The smallest absolute Gasteiger partial charge is 0.262 e. The highest BCUT2D eigenvalue weighted by Gasteiger charge is 2.63. The second-order valence-corrected chi connectivity index (χ2v) is 9.85. The van der Waals surface area contributed by atoms with Crippen LogP contribution in [0.4, 0.5) is 0 Å². The van der Waals surface area contributed by atoms with E-state index in [1.54, 1.807) is 0 Å². The Kier molecular flexibility index (Phi) is 5.02. The summed E-state index contributed by atoms with van der Waals surface area (Å²) in [7, 11) is 0. The van der Waals surface area contributed by atoms with Crippen LogP contribution in [0.5, 0.6) is 5.75 Å². The van der Waals surface area contributed by atoms with Crippen molar-refractivity contribution in [2.24, 2.45) is 17.3 Å². The maximum atomic E-state index is 12.9. The number of nitrogens with zero attached hydrogens (tertiary/aromatic N) is 1. The first-order valence-electron chi connectivity index (χ1n) is 11.5. The molecule has 4 aliphatic rings. The summed E-state index contributed by atoms with van der Waals surface area (Å²) in [6.45, 7) is 4.30. The first kappa shape index (κ1) is 21.6. The monoisotopic (exact) mass is 453 g/mol. The Bertz CT molecular complexity index is 1080. The fourth-order valence-corrected chi connectivity index (χ4v) is 5.87. The molecule has 0 radical (unpaired) electrons. The number of fused-ring (bicyclic) bond motifs is 2. The molecule has 2 heterocycles. The zero-order chi connectivity index (χ0) is 23.5. The Morgan fingerprint density at radius 1 is 1.18 bits per heavy atom. The molecule has 1 saturated heterocycles. The highest BCUT2D eigenvalue weighted by atomic mass is 16.5. The second kappa shape index (κ2) is 7.67. The molecule has 2 aliphatic heterocycles. The summed E-state index contributed by atoms with van der Waals surface area (Å²) < 4.78 is 5.61. The molecule has 0 spiro atoms. The van der Waals surface area contributed by atoms with Crippen molar-refractivity contribution in [1.29, 1.82) is 0 Å². The fourth-order valence-electron chi connectivity index (χ4n) is 5.87. The molecule has 1 unspecified atom stereocenters. The van der Waals surface area contributed by atoms with Crippen LogP contribution in [0.3, 0.4) is 0 Å². The number of piperidine rings is 1. The quantitative estimate of drug-likeness (QED) is 0.628. The van der Waals surface area contributed by atoms with E-state index < -0.39 is 29.7 Å². The number of carbonyl (C=O) groups is 5. The average molecular weight is 453 g/mol. The van der Waals surface area contributed by atoms with Crippen LogP contribution < -0.4 is 15.4 Å². The highest BCUT2D eigenvalue weighted by Crippen LogP contribution is 2.67. The normalized spacial score (nSPS) is 30.3. The lowest BCUT2D eigenvalue weighted by molar-refractivity contribution is -0.136. The standard InChI is InChI=1S/C24H27N3O6/c1-12(2)24-8-7-17(16(24)10-24)25-20(29)11-33-13-3-4-14-15(9-13)23(32)27(22(14)31)18-5-6-19(28)26-21(18)30/h3-4,9,12,16-18H,5-8,10-11H2,1-2H3,(H,25,29)(H,26,28,30)/t16-,17-,18?,24-/m0/s1. The van der Waals surface area contributed by atoms with Crippen LogP contribution in [0.2, 0.25) is 0 Å². The lowest BCUT2D eigenvalue weighted by Crippen LogP contribution is -2.54. The first-order valence-corrected chi connectivity index (χ1v) is 11.5. The molecule has 9 heteroatoms. The second-order valence-electron chi connectivity index (χ2n) is 9.85. The maximum absolute atomic E-state index is 12.9. The minimum atomic E-state index is -1.02. The van der Waals surface area contributed by atoms with E-state index in [1.807, 2.05) is 0 Å². The summed E-state index contributed by atoms with van der Waals surface area (Å²) >= 11 is 0. The molecule has 5 amide bonds. The van der Waals surface area contributed by atoms with Crippen LogP contribution in [-0.2, 0) is 14.4 Å². The number of rotatable bonds is 6. The van der Waals surface area contributed by atoms with Crippen molar-refractivity contribution in [3.05, 3.63) is 29.3 Å². The summed E-state index contributed by atoms with van der Waals surface area (Å²) in [4.78, 5) is 62.5. The number of nitrogens with one attached hydrogen (secondary N) is 2. The molecule has 2 N–H and O–H groups in total. The Hall–Kier alpha value is -3.23. The van der Waals surface area contributed by atoms with Crippen molar-refractivity contribution in [2.45, 2.75) is 58.0 Å². The van der Waals surface area contributed by atoms with E-state index in [9.17, 15) is 24.0 Å². The van der Waals surface area contributed by atoms with Gasteiger partial charge in [0.05, 0.1) is 11.1 Å². The van der Waals surface area contributed by atoms with Gasteiger partial charge in [0.1, 0.15) is 11.8 Å². The van der Waals surface area contributed by atoms with Gasteiger partial charge in [-0.1, -0.05) is 13.8 Å². The first-order chi connectivity index (χ1) is 15.7. The van der Waals surface area contributed by atoms with Crippen molar-refractivity contribution in [2.75, 3.05) is 6.61 Å². The van der Waals surface area contributed by atoms with Crippen LogP contribution >= 0.6 is 0 Å². The molecule has 9 nitrogen and oxygen atoms in total. The molecule has 0 aromatic heterocycles. The average Bonchev–Trinajstić information content (AvgIpc) is 3.35. The third kappa shape index (κ3) is 3.50. The van der Waals surface area contributed by atoms with Gasteiger partial charge in [0, 0.05) is 12.5 Å². The van der Waals surface area contributed by atoms with E-state index in [2.05, 4.69) is 24.5 Å². The largest absolute Gasteiger partial charge is 0.484 e. The Morgan fingerprint density at radius 3 is 2.61 bits per heavy atom. The highest BCUT2D eigenvalue weighted by molar-refractivity contribution is 6.23. The molecular weight excluding hydrogens is 426 g/mol. The van der Waals surface area contributed by atoms with Crippen LogP contribution in [0.1, 0.15) is 66.7 Å². The zero-order valence-corrected chi connectivity index (χ0v) is 18.7. The number of carbonyl (C=O) groups excluding carboxylic acids is 5. The van der Waals surface area contributed by atoms with E-state index in [4.69, 9.17) is 4.74 Å². The third-order valence-corrected chi connectivity index (χ3v) is 7.86. The van der Waals surface area contributed by atoms with Crippen LogP contribution in [0, 0.1) is 17.3 Å². The number of hydrogen-bond acceptors (Lipinski definition) is 6. The summed E-state index contributed by atoms with van der Waals surface area (Å²) in [6, 6.07) is 3.59. The van der Waals surface area contributed by atoms with E-state index in [0.717, 1.165) is 17.7 Å². The van der Waals surface area contributed by atoms with E-state index >= 15 is 0 Å². The molecule has 3 fully saturated rings. The molecule has 5 rings (SSSR count). The van der Waals surface area contributed by atoms with Crippen molar-refractivity contribution in [3.8, 4) is 5.75 Å². The van der Waals surface area contributed by atoms with Crippen LogP contribution in [0.25, 0.3) is 0 Å². The molecular formula is C24H27N3O6. The minimum Gasteiger partial charge on any atom is -0.484 e. The Labute approximate surface area is 191 Å². The van der Waals surface area contributed by atoms with Gasteiger partial charge in [-0.05, 0) is 61.1 Å². The van der Waals surface area contributed by atoms with E-state index in [0.29, 0.717) is 23.0 Å². The predicted molar refractivity (Wildman–Crippen MR) is 115 cm³/mol. The summed E-state index contributed by atoms with van der Waals surface area (Å²) in [5, 5.41) is 5.25. The van der Waals surface area contributed by atoms with E-state index in [-0.39, 0.29) is 42.5 Å². The summed E-state index contributed by atoms with van der Waals surface area (Å²) in [6.07, 6.45) is 3.46. The van der Waals surface area contributed by atoms with Crippen LogP contribution in [-0.4, -0.2) is 53.1 Å². The summed E-state index contributed by atoms with van der Waals surface area (Å²) in [5.74, 6) is -1.01. The topological polar surface area (TPSA) is 122 Å². The molecule has 4 atom stereocenters. The number of ether oxygens (including phenoxy) is 1. The van der Waals surface area contributed by atoms with Gasteiger partial charge >= 0.3 is 0 Å². The summed E-state index contributed by atoms with van der Waals surface area (Å²) in [5.41, 5.74) is 0.685. The molecule has 2 aliphatic carbocycles. The maximum Gasteiger partial charge on any atom is 0.262 e. The zero-order valence-electron chi connectivity index (χ0n) is 18.7. The molecule has 0 bridgehead atoms. The Morgan fingerprint density at radius 2 is 1.94 bits per heavy atom. The number of benzene rings is 1. The molecule has 2 saturated carbocycles. The van der Waals surface area contributed by atoms with E-state index in [1.165, 1.54) is 24.6 Å². The van der Waals surface area contributed by atoms with Crippen molar-refractivity contribution < 1.29 is 28.7 Å². The third-order valence-electron chi connectivity index (χ3n) is 7.86. The predicted octanol–water partition coefficient (Wildman–Crippen LogP) is 1.41. The van der Waals surface area contributed by atoms with Gasteiger partial charge in [0.2, 0.25) is 11.8 Å². The lowest BCUT2D eigenvalue weighted by atomic mass is 9.90. The Balaban J connectivity index is 1.21. The van der Waals surface area contributed by atoms with Crippen LogP contribution in [0.15, 0.2) is 18.2 Å². The van der Waals surface area contributed by atoms with Crippen molar-refractivity contribution >= 4 is 29.5 Å². The number of amides is 5. The fraction of sp³-hybridized carbons (Fsp3) is 0.542. The number of imide groups is 2. The van der Waals surface area contributed by atoms with Gasteiger partial charge in [0.15, 0.2) is 6.61 Å². The SMILES string of the molecule is CC(C)[C@@]12CC[C@H](NC(=O)COc3ccc4c(c3)C(=O)N(C3CCC(=O)NC3=O)C4=O)[C@@H]1C2. The molecule has 174 valence electrons. The van der Waals surface area contributed by atoms with Gasteiger partial charge < -0.3 is 10.1 Å². The van der Waals surface area contributed by atoms with Gasteiger partial charge in [-0.2, -0.15) is 0 Å². The minimum absolute atomic E-state index is 0.0629. The van der Waals surface area contributed by atoms with Gasteiger partial charge in [0.25, 0.3) is 17.7 Å². The number of hydrogen-bond donors (Lipinski definition) is 2. The van der Waals surface area contributed by atoms with Gasteiger partial charge in [-0.15, -0.1) is 0 Å². The molecule has 33 heavy (non-hydrogen) atoms.